The number of nitrogens with one attached hydrogen (secondary N) is 1. The lowest BCUT2D eigenvalue weighted by molar-refractivity contribution is -0.142. The van der Waals surface area contributed by atoms with Gasteiger partial charge in [0.1, 0.15) is 17.9 Å². The number of ketones is 1. The van der Waals surface area contributed by atoms with Gasteiger partial charge >= 0.3 is 5.97 Å². The van der Waals surface area contributed by atoms with Crippen molar-refractivity contribution >= 4 is 45.2 Å². The monoisotopic (exact) mass is 599 g/mol. The second kappa shape index (κ2) is 14.7. The van der Waals surface area contributed by atoms with Gasteiger partial charge in [0.05, 0.1) is 10.8 Å². The summed E-state index contributed by atoms with van der Waals surface area (Å²) < 4.78 is 27.3. The summed E-state index contributed by atoms with van der Waals surface area (Å²) in [6.07, 6.45) is 7.18. The number of rotatable bonds is 15. The molecule has 0 saturated carbocycles. The molecule has 0 aliphatic carbocycles. The lowest BCUT2D eigenvalue weighted by Gasteiger charge is -2.24. The van der Waals surface area contributed by atoms with Gasteiger partial charge in [0, 0.05) is 37.3 Å². The minimum atomic E-state index is -3.90. The quantitative estimate of drug-likeness (QED) is 0.297. The van der Waals surface area contributed by atoms with Gasteiger partial charge in [-0.3, -0.25) is 14.6 Å². The molecule has 11 heteroatoms. The van der Waals surface area contributed by atoms with Gasteiger partial charge in [-0.2, -0.15) is 4.31 Å². The van der Waals surface area contributed by atoms with Crippen molar-refractivity contribution in [2.24, 2.45) is 4.99 Å². The molecule has 4 rings (SSSR count). The number of nitrogens with zero attached hydrogens (tertiary/aromatic N) is 2. The number of carbonyl (C=O) groups excluding carboxylic acids is 2. The standard InChI is InChI=1S/C30H37N3O6S2/c34-25(10-4-1-3-8-24-9-7-17-31-24)18-22-13-15-23(16-14-22)19-27(30(36)37)32-29(35)28-20-40-21-33(28)41(38,39)26-11-5-2-6-12-26/h2,5-6,11-16,27-28H,1,3-4,7-10,17-21H2,(H,32,35)(H,36,37)/t27?,28-/m0/s1. The highest BCUT2D eigenvalue weighted by Crippen LogP contribution is 2.28. The first-order valence-electron chi connectivity index (χ1n) is 14.0. The maximum atomic E-state index is 13.1. The molecule has 2 atom stereocenters. The normalized spacial score (nSPS) is 18.1. The number of hydrogen-bond donors (Lipinski definition) is 2. The van der Waals surface area contributed by atoms with E-state index in [0.29, 0.717) is 18.4 Å². The molecule has 1 amide bonds. The first-order chi connectivity index (χ1) is 19.7. The van der Waals surface area contributed by atoms with Crippen LogP contribution < -0.4 is 5.32 Å². The minimum Gasteiger partial charge on any atom is -0.480 e. The zero-order valence-corrected chi connectivity index (χ0v) is 24.7. The van der Waals surface area contributed by atoms with Crippen LogP contribution in [0.15, 0.2) is 64.5 Å². The molecule has 2 aliphatic rings. The SMILES string of the molecule is O=C(CCCCCC1=NCCC1)Cc1ccc(CC(NC(=O)[C@@H]2CSCN2S(=O)(=O)c2ccccc2)C(=O)O)cc1. The van der Waals surface area contributed by atoms with Gasteiger partial charge in [-0.05, 0) is 55.4 Å². The number of aliphatic imine (C=N–C) groups is 1. The van der Waals surface area contributed by atoms with Gasteiger partial charge < -0.3 is 10.4 Å². The van der Waals surface area contributed by atoms with Gasteiger partial charge in [-0.25, -0.2) is 13.2 Å². The van der Waals surface area contributed by atoms with E-state index in [0.717, 1.165) is 54.9 Å². The number of sulfonamides is 1. The molecule has 2 aromatic carbocycles. The van der Waals surface area contributed by atoms with Gasteiger partial charge in [-0.15, -0.1) is 11.8 Å². The Morgan fingerprint density at radius 2 is 1.76 bits per heavy atom. The summed E-state index contributed by atoms with van der Waals surface area (Å²) in [4.78, 5) is 42.0. The van der Waals surface area contributed by atoms with Crippen molar-refractivity contribution in [1.82, 2.24) is 9.62 Å². The lowest BCUT2D eigenvalue weighted by Crippen LogP contribution is -2.52. The van der Waals surface area contributed by atoms with E-state index in [1.54, 1.807) is 30.3 Å². The van der Waals surface area contributed by atoms with E-state index in [-0.39, 0.29) is 28.7 Å². The molecule has 0 aromatic heterocycles. The second-order valence-electron chi connectivity index (χ2n) is 10.5. The van der Waals surface area contributed by atoms with Gasteiger partial charge in [0.25, 0.3) is 0 Å². The number of hydrogen-bond acceptors (Lipinski definition) is 7. The molecule has 9 nitrogen and oxygen atoms in total. The Morgan fingerprint density at radius 1 is 1.02 bits per heavy atom. The largest absolute Gasteiger partial charge is 0.480 e. The lowest BCUT2D eigenvalue weighted by atomic mass is 10.00. The number of carboxylic acids is 1. The summed E-state index contributed by atoms with van der Waals surface area (Å²) in [7, 11) is -3.90. The van der Waals surface area contributed by atoms with E-state index < -0.39 is 34.0 Å². The molecule has 2 N–H and O–H groups in total. The first-order valence-corrected chi connectivity index (χ1v) is 16.6. The van der Waals surface area contributed by atoms with Crippen LogP contribution in [0.5, 0.6) is 0 Å². The molecule has 1 saturated heterocycles. The zero-order valence-electron chi connectivity index (χ0n) is 23.0. The van der Waals surface area contributed by atoms with Crippen LogP contribution in [0.25, 0.3) is 0 Å². The minimum absolute atomic E-state index is 0.0336. The maximum Gasteiger partial charge on any atom is 0.326 e. The Hall–Kier alpha value is -3.02. The molecule has 2 aromatic rings. The summed E-state index contributed by atoms with van der Waals surface area (Å²) in [5, 5.41) is 12.3. The van der Waals surface area contributed by atoms with Gasteiger partial charge in [0.2, 0.25) is 15.9 Å². The third-order valence-corrected chi connectivity index (χ3v) is 10.4. The van der Waals surface area contributed by atoms with Crippen LogP contribution in [-0.2, 0) is 37.2 Å². The molecule has 41 heavy (non-hydrogen) atoms. The third-order valence-electron chi connectivity index (χ3n) is 7.35. The van der Waals surface area contributed by atoms with E-state index in [2.05, 4.69) is 10.3 Å². The molecular formula is C30H37N3O6S2. The van der Waals surface area contributed by atoms with Gasteiger partial charge in [-0.1, -0.05) is 48.9 Å². The molecule has 1 fully saturated rings. The highest BCUT2D eigenvalue weighted by molar-refractivity contribution is 8.00. The Morgan fingerprint density at radius 3 is 2.44 bits per heavy atom. The van der Waals surface area contributed by atoms with E-state index in [1.165, 1.54) is 29.6 Å². The Balaban J connectivity index is 1.26. The molecule has 2 aliphatic heterocycles. The molecule has 1 unspecified atom stereocenters. The van der Waals surface area contributed by atoms with Crippen molar-refractivity contribution < 1.29 is 27.9 Å². The average Bonchev–Trinajstić information content (AvgIpc) is 3.67. The average molecular weight is 600 g/mol. The molecule has 220 valence electrons. The van der Waals surface area contributed by atoms with Crippen LogP contribution in [0, 0.1) is 0 Å². The van der Waals surface area contributed by atoms with Crippen molar-refractivity contribution in [3.8, 4) is 0 Å². The third kappa shape index (κ3) is 8.73. The molecule has 0 radical (unpaired) electrons. The van der Waals surface area contributed by atoms with Crippen LogP contribution in [-0.4, -0.2) is 71.5 Å². The van der Waals surface area contributed by atoms with Crippen LogP contribution in [0.2, 0.25) is 0 Å². The fourth-order valence-corrected chi connectivity index (χ4v) is 8.21. The predicted molar refractivity (Wildman–Crippen MR) is 160 cm³/mol. The molecular weight excluding hydrogens is 562 g/mol. The Kier molecular flexibility index (Phi) is 11.1. The molecule has 0 bridgehead atoms. The van der Waals surface area contributed by atoms with Crippen molar-refractivity contribution in [3.05, 3.63) is 65.7 Å². The van der Waals surface area contributed by atoms with Crippen molar-refractivity contribution in [3.63, 3.8) is 0 Å². The highest BCUT2D eigenvalue weighted by Gasteiger charge is 2.41. The smallest absolute Gasteiger partial charge is 0.326 e. The fraction of sp³-hybridized carbons (Fsp3) is 0.467. The molecule has 0 spiro atoms. The van der Waals surface area contributed by atoms with E-state index >= 15 is 0 Å². The van der Waals surface area contributed by atoms with E-state index in [4.69, 9.17) is 0 Å². The second-order valence-corrected chi connectivity index (χ2v) is 13.4. The van der Waals surface area contributed by atoms with Crippen molar-refractivity contribution in [1.29, 1.82) is 0 Å². The summed E-state index contributed by atoms with van der Waals surface area (Å²) >= 11 is 1.30. The number of Topliss-reactive ketones (excluding diaryl/α,β-unsaturated/α-hetero) is 1. The maximum absolute atomic E-state index is 13.1. The number of carboxylic acid groups (broad SMARTS) is 1. The van der Waals surface area contributed by atoms with E-state index in [1.807, 2.05) is 12.1 Å². The Labute approximate surface area is 245 Å². The number of aliphatic carboxylic acids is 1. The summed E-state index contributed by atoms with van der Waals surface area (Å²) in [6.45, 7) is 0.957. The van der Waals surface area contributed by atoms with Gasteiger partial charge in [0.15, 0.2) is 0 Å². The summed E-state index contributed by atoms with van der Waals surface area (Å²) in [5.74, 6) is -1.32. The topological polar surface area (TPSA) is 133 Å². The summed E-state index contributed by atoms with van der Waals surface area (Å²) in [5.41, 5.74) is 2.87. The zero-order chi connectivity index (χ0) is 29.2. The molecule has 2 heterocycles. The fourth-order valence-electron chi connectivity index (χ4n) is 5.04. The summed E-state index contributed by atoms with van der Waals surface area (Å²) in [6, 6.07) is 12.8. The van der Waals surface area contributed by atoms with Crippen molar-refractivity contribution in [2.45, 2.75) is 74.8 Å². The van der Waals surface area contributed by atoms with E-state index in [9.17, 15) is 27.9 Å². The van der Waals surface area contributed by atoms with Crippen LogP contribution in [0.1, 0.15) is 56.1 Å². The van der Waals surface area contributed by atoms with Crippen LogP contribution >= 0.6 is 11.8 Å². The van der Waals surface area contributed by atoms with Crippen LogP contribution in [0.3, 0.4) is 0 Å². The number of carbonyl (C=O) groups is 3. The van der Waals surface area contributed by atoms with Crippen LogP contribution in [0.4, 0.5) is 0 Å². The Bertz CT molecular complexity index is 1350. The number of thioether (sulfide) groups is 1. The first kappa shape index (κ1) is 30.9. The predicted octanol–water partition coefficient (Wildman–Crippen LogP) is 3.86. The number of unbranched alkanes of at least 4 members (excludes halogenated alkanes) is 2. The highest BCUT2D eigenvalue weighted by atomic mass is 32.2. The number of benzene rings is 2. The number of amides is 1. The van der Waals surface area contributed by atoms with Crippen molar-refractivity contribution in [2.75, 3.05) is 18.2 Å².